The van der Waals surface area contributed by atoms with Gasteiger partial charge in [-0.1, -0.05) is 11.6 Å². The maximum absolute atomic E-state index is 15.1. The fourth-order valence-corrected chi connectivity index (χ4v) is 4.69. The van der Waals surface area contributed by atoms with Gasteiger partial charge in [-0.05, 0) is 46.3 Å². The lowest BCUT2D eigenvalue weighted by atomic mass is 9.85. The standard InChI is InChI=1S/C16H7BBr2ClF5N2/c18-13-5-3-11-15(9-7-8(20)1-2-10(9)16(21,22)23)12-4-6-14(19)27(12)17(24,25)26(11)13/h1-7H. The first-order valence-corrected chi connectivity index (χ1v) is 9.50. The first-order chi connectivity index (χ1) is 12.5. The molecule has 0 unspecified atom stereocenters. The number of aromatic nitrogens is 1. The molecule has 0 N–H and O–H groups in total. The highest BCUT2D eigenvalue weighted by atomic mass is 79.9. The molecule has 0 spiro atoms. The van der Waals surface area contributed by atoms with Crippen LogP contribution in [0.15, 0.2) is 52.8 Å². The molecule has 0 atom stereocenters. The highest BCUT2D eigenvalue weighted by Crippen LogP contribution is 2.45. The molecule has 1 aromatic heterocycles. The van der Waals surface area contributed by atoms with E-state index in [2.05, 4.69) is 31.9 Å². The van der Waals surface area contributed by atoms with E-state index in [-0.39, 0.29) is 36.8 Å². The van der Waals surface area contributed by atoms with Gasteiger partial charge in [-0.25, -0.2) is 0 Å². The van der Waals surface area contributed by atoms with Crippen LogP contribution in [0.25, 0.3) is 5.57 Å². The summed E-state index contributed by atoms with van der Waals surface area (Å²) in [6.45, 7) is -4.31. The quantitative estimate of drug-likeness (QED) is 0.304. The van der Waals surface area contributed by atoms with Gasteiger partial charge in [0.1, 0.15) is 0 Å². The smallest absolute Gasteiger partial charge is 0.389 e. The van der Waals surface area contributed by atoms with Gasteiger partial charge < -0.3 is 17.6 Å². The van der Waals surface area contributed by atoms with Crippen molar-refractivity contribution in [2.75, 3.05) is 0 Å². The molecular formula is C16H7BBr2ClF5N2. The number of fused-ring (bicyclic) bond motifs is 2. The Kier molecular flexibility index (Phi) is 4.25. The zero-order valence-electron chi connectivity index (χ0n) is 13.0. The molecule has 0 saturated carbocycles. The van der Waals surface area contributed by atoms with Crippen molar-refractivity contribution >= 4 is 60.6 Å². The summed E-state index contributed by atoms with van der Waals surface area (Å²) >= 11 is 12.1. The predicted molar refractivity (Wildman–Crippen MR) is 101 cm³/mol. The molecule has 27 heavy (non-hydrogen) atoms. The lowest BCUT2D eigenvalue weighted by molar-refractivity contribution is -0.358. The first kappa shape index (κ1) is 19.0. The largest absolute Gasteiger partial charge is 0.738 e. The fourth-order valence-electron chi connectivity index (χ4n) is 3.38. The van der Waals surface area contributed by atoms with Crippen molar-refractivity contribution in [3.05, 3.63) is 74.6 Å². The molecule has 0 radical (unpaired) electrons. The van der Waals surface area contributed by atoms with Crippen molar-refractivity contribution in [1.29, 1.82) is 0 Å². The minimum Gasteiger partial charge on any atom is -0.389 e. The molecule has 0 fully saturated rings. The normalized spacial score (nSPS) is 18.2. The summed E-state index contributed by atoms with van der Waals surface area (Å²) < 4.78 is 72.7. The fraction of sp³-hybridized carbons (Fsp3) is 0.0625. The van der Waals surface area contributed by atoms with E-state index in [0.717, 1.165) is 18.2 Å². The van der Waals surface area contributed by atoms with Gasteiger partial charge >= 0.3 is 13.1 Å². The van der Waals surface area contributed by atoms with E-state index in [1.54, 1.807) is 0 Å². The Hall–Kier alpha value is -1.39. The lowest BCUT2D eigenvalue weighted by Crippen LogP contribution is -2.50. The Labute approximate surface area is 171 Å². The molecule has 140 valence electrons. The zero-order chi connectivity index (χ0) is 19.7. The van der Waals surface area contributed by atoms with Crippen molar-refractivity contribution in [2.24, 2.45) is 0 Å². The minimum atomic E-state index is -4.68. The molecule has 2 aromatic rings. The molecule has 1 aromatic carbocycles. The van der Waals surface area contributed by atoms with Gasteiger partial charge in [-0.3, -0.25) is 0 Å². The molecule has 2 aliphatic heterocycles. The molecule has 0 amide bonds. The second kappa shape index (κ2) is 6.05. The van der Waals surface area contributed by atoms with Crippen LogP contribution < -0.4 is 0 Å². The highest BCUT2D eigenvalue weighted by molar-refractivity contribution is 9.18. The Bertz CT molecular complexity index is 1080. The van der Waals surface area contributed by atoms with E-state index in [1.165, 1.54) is 24.3 Å². The minimum absolute atomic E-state index is 0.0222. The first-order valence-electron chi connectivity index (χ1n) is 7.54. The van der Waals surface area contributed by atoms with E-state index in [0.29, 0.717) is 8.96 Å². The Morgan fingerprint density at radius 1 is 1.04 bits per heavy atom. The average Bonchev–Trinajstić information content (AvgIpc) is 3.11. The lowest BCUT2D eigenvalue weighted by Gasteiger charge is -2.32. The van der Waals surface area contributed by atoms with E-state index in [9.17, 15) is 13.2 Å². The number of alkyl halides is 3. The van der Waals surface area contributed by atoms with Crippen molar-refractivity contribution in [3.8, 4) is 0 Å². The van der Waals surface area contributed by atoms with Gasteiger partial charge in [0.25, 0.3) is 0 Å². The topological polar surface area (TPSA) is 7.94 Å². The molecule has 2 aliphatic rings. The van der Waals surface area contributed by atoms with Crippen molar-refractivity contribution in [3.63, 3.8) is 0 Å². The van der Waals surface area contributed by atoms with E-state index in [4.69, 9.17) is 11.6 Å². The number of rotatable bonds is 1. The van der Waals surface area contributed by atoms with Gasteiger partial charge in [0.05, 0.1) is 15.7 Å². The van der Waals surface area contributed by atoms with E-state index < -0.39 is 18.7 Å². The van der Waals surface area contributed by atoms with Gasteiger partial charge in [-0.15, -0.1) is 0 Å². The van der Waals surface area contributed by atoms with Crippen LogP contribution in [-0.4, -0.2) is 20.6 Å². The van der Waals surface area contributed by atoms with Gasteiger partial charge in [0.2, 0.25) is 4.62 Å². The summed E-state index contributed by atoms with van der Waals surface area (Å²) in [5.74, 6) is 0. The Morgan fingerprint density at radius 2 is 1.74 bits per heavy atom. The van der Waals surface area contributed by atoms with E-state index in [1.807, 2.05) is 0 Å². The van der Waals surface area contributed by atoms with Crippen LogP contribution in [0.4, 0.5) is 21.8 Å². The maximum Gasteiger partial charge on any atom is 0.738 e. The average molecular weight is 528 g/mol. The summed E-state index contributed by atoms with van der Waals surface area (Å²) in [5, 5.41) is 0.0719. The molecule has 0 bridgehead atoms. The molecule has 0 saturated heterocycles. The van der Waals surface area contributed by atoms with Crippen LogP contribution in [0.2, 0.25) is 5.02 Å². The maximum atomic E-state index is 15.1. The molecule has 2 nitrogen and oxygen atoms in total. The third kappa shape index (κ3) is 2.75. The zero-order valence-corrected chi connectivity index (χ0v) is 17.0. The number of benzene rings is 1. The number of hydrogen-bond acceptors (Lipinski definition) is 0. The van der Waals surface area contributed by atoms with Crippen LogP contribution in [0.3, 0.4) is 0 Å². The van der Waals surface area contributed by atoms with Gasteiger partial charge in [-0.2, -0.15) is 13.2 Å². The van der Waals surface area contributed by atoms with Crippen LogP contribution in [0.1, 0.15) is 16.8 Å². The molecule has 11 heteroatoms. The molecule has 0 aliphatic carbocycles. The summed E-state index contributed by atoms with van der Waals surface area (Å²) in [7, 11) is 0. The second-order valence-electron chi connectivity index (χ2n) is 5.97. The number of nitrogens with zero attached hydrogens (tertiary/aromatic N) is 2. The monoisotopic (exact) mass is 526 g/mol. The van der Waals surface area contributed by atoms with Crippen LogP contribution in [0.5, 0.6) is 0 Å². The SMILES string of the molecule is F[B-]1(F)n2c(Br)ccc2C(c2cc(Cl)ccc2C(F)(F)F)=C2C=CC(Br)=[N+]21. The van der Waals surface area contributed by atoms with E-state index >= 15 is 8.63 Å². The Balaban J connectivity index is 2.15. The summed E-state index contributed by atoms with van der Waals surface area (Å²) in [5.41, 5.74) is -1.25. The molecule has 4 rings (SSSR count). The number of allylic oxidation sites excluding steroid dienone is 2. The third-order valence-corrected chi connectivity index (χ3v) is 5.95. The van der Waals surface area contributed by atoms with Crippen LogP contribution in [-0.2, 0) is 6.18 Å². The summed E-state index contributed by atoms with van der Waals surface area (Å²) in [6, 6.07) is 5.86. The number of halogens is 8. The number of hydrogen-bond donors (Lipinski definition) is 0. The van der Waals surface area contributed by atoms with Gasteiger partial charge in [0, 0.05) is 44.4 Å². The van der Waals surface area contributed by atoms with Crippen LogP contribution in [0, 0.1) is 0 Å². The summed E-state index contributed by atoms with van der Waals surface area (Å²) in [6.07, 6.45) is -1.94. The van der Waals surface area contributed by atoms with Crippen molar-refractivity contribution < 1.29 is 26.3 Å². The summed E-state index contributed by atoms with van der Waals surface area (Å²) in [4.78, 5) is 0. The second-order valence-corrected chi connectivity index (χ2v) is 8.03. The van der Waals surface area contributed by atoms with Gasteiger partial charge in [0.15, 0.2) is 5.70 Å². The van der Waals surface area contributed by atoms with Crippen LogP contribution >= 0.6 is 43.5 Å². The predicted octanol–water partition coefficient (Wildman–Crippen LogP) is 6.29. The highest BCUT2D eigenvalue weighted by Gasteiger charge is 2.54. The Morgan fingerprint density at radius 3 is 2.41 bits per heavy atom. The third-order valence-electron chi connectivity index (χ3n) is 4.43. The molecule has 3 heterocycles. The van der Waals surface area contributed by atoms with Crippen molar-refractivity contribution in [1.82, 2.24) is 4.48 Å². The molecular weight excluding hydrogens is 521 g/mol. The van der Waals surface area contributed by atoms with Crippen molar-refractivity contribution in [2.45, 2.75) is 6.18 Å².